The summed E-state index contributed by atoms with van der Waals surface area (Å²) in [7, 11) is 0. The standard InChI is InChI=1S/C16H19Cl2N3O3/c17-12-6-11(15(23)13(18)7-12)8-20-21-14(22)9-19-16(24)10-4-2-1-3-5-10/h6-8,10,23H,1-5,9H2,(H,19,24)(H,21,22). The Bertz CT molecular complexity index is 644. The number of benzene rings is 1. The second kappa shape index (κ2) is 8.89. The maximum absolute atomic E-state index is 11.9. The van der Waals surface area contributed by atoms with E-state index in [1.807, 2.05) is 0 Å². The first-order chi connectivity index (χ1) is 11.5. The number of aromatic hydroxyl groups is 1. The topological polar surface area (TPSA) is 90.8 Å². The van der Waals surface area contributed by atoms with Gasteiger partial charge in [0.05, 0.1) is 17.8 Å². The van der Waals surface area contributed by atoms with E-state index in [0.717, 1.165) is 25.7 Å². The zero-order chi connectivity index (χ0) is 17.5. The van der Waals surface area contributed by atoms with Crippen molar-refractivity contribution in [1.82, 2.24) is 10.7 Å². The van der Waals surface area contributed by atoms with Gasteiger partial charge in [0, 0.05) is 16.5 Å². The average molecular weight is 372 g/mol. The summed E-state index contributed by atoms with van der Waals surface area (Å²) in [5.41, 5.74) is 2.55. The van der Waals surface area contributed by atoms with Gasteiger partial charge in [0.2, 0.25) is 5.91 Å². The van der Waals surface area contributed by atoms with Gasteiger partial charge in [0.25, 0.3) is 5.91 Å². The van der Waals surface area contributed by atoms with Gasteiger partial charge in [-0.1, -0.05) is 42.5 Å². The molecule has 6 nitrogen and oxygen atoms in total. The van der Waals surface area contributed by atoms with Crippen molar-refractivity contribution < 1.29 is 14.7 Å². The molecule has 1 aliphatic rings. The molecule has 3 N–H and O–H groups in total. The van der Waals surface area contributed by atoms with Crippen LogP contribution >= 0.6 is 23.2 Å². The highest BCUT2D eigenvalue weighted by Gasteiger charge is 2.21. The molecule has 1 aromatic rings. The first-order valence-electron chi connectivity index (χ1n) is 7.75. The van der Waals surface area contributed by atoms with Crippen LogP contribution in [0.2, 0.25) is 10.0 Å². The highest BCUT2D eigenvalue weighted by molar-refractivity contribution is 6.36. The predicted molar refractivity (Wildman–Crippen MR) is 93.4 cm³/mol. The first-order valence-corrected chi connectivity index (χ1v) is 8.50. The summed E-state index contributed by atoms with van der Waals surface area (Å²) in [4.78, 5) is 23.6. The number of carbonyl (C=O) groups is 2. The van der Waals surface area contributed by atoms with E-state index in [4.69, 9.17) is 23.2 Å². The minimum Gasteiger partial charge on any atom is -0.506 e. The summed E-state index contributed by atoms with van der Waals surface area (Å²) in [6.07, 6.45) is 6.26. The molecular formula is C16H19Cl2N3O3. The molecule has 2 amide bonds. The summed E-state index contributed by atoms with van der Waals surface area (Å²) in [6.45, 7) is -0.144. The van der Waals surface area contributed by atoms with E-state index in [-0.39, 0.29) is 34.7 Å². The Morgan fingerprint density at radius 2 is 1.96 bits per heavy atom. The van der Waals surface area contributed by atoms with Gasteiger partial charge in [-0.2, -0.15) is 5.10 Å². The number of hydrogen-bond acceptors (Lipinski definition) is 4. The summed E-state index contributed by atoms with van der Waals surface area (Å²) < 4.78 is 0. The largest absolute Gasteiger partial charge is 0.506 e. The number of phenols is 1. The van der Waals surface area contributed by atoms with Crippen molar-refractivity contribution in [3.05, 3.63) is 27.7 Å². The number of nitrogens with zero attached hydrogens (tertiary/aromatic N) is 1. The summed E-state index contributed by atoms with van der Waals surface area (Å²) in [5, 5.41) is 16.5. The molecule has 1 aromatic carbocycles. The zero-order valence-electron chi connectivity index (χ0n) is 13.0. The van der Waals surface area contributed by atoms with Crippen molar-refractivity contribution in [3.8, 4) is 5.75 Å². The lowest BCUT2D eigenvalue weighted by Crippen LogP contribution is -2.38. The number of hydrazone groups is 1. The maximum atomic E-state index is 11.9. The number of phenolic OH excluding ortho intramolecular Hbond substituents is 1. The molecule has 1 saturated carbocycles. The van der Waals surface area contributed by atoms with Crippen molar-refractivity contribution in [2.24, 2.45) is 11.0 Å². The lowest BCUT2D eigenvalue weighted by atomic mass is 9.89. The molecule has 0 atom stereocenters. The lowest BCUT2D eigenvalue weighted by Gasteiger charge is -2.20. The van der Waals surface area contributed by atoms with Crippen molar-refractivity contribution >= 4 is 41.2 Å². The molecule has 0 heterocycles. The molecule has 2 rings (SSSR count). The lowest BCUT2D eigenvalue weighted by molar-refractivity contribution is -0.129. The highest BCUT2D eigenvalue weighted by Crippen LogP contribution is 2.29. The molecule has 0 unspecified atom stereocenters. The average Bonchev–Trinajstić information content (AvgIpc) is 2.57. The zero-order valence-corrected chi connectivity index (χ0v) is 14.5. The van der Waals surface area contributed by atoms with E-state index in [9.17, 15) is 14.7 Å². The molecule has 0 aliphatic heterocycles. The number of amides is 2. The molecule has 8 heteroatoms. The Labute approximate surface area is 150 Å². The normalized spacial score (nSPS) is 15.4. The van der Waals surface area contributed by atoms with Crippen LogP contribution in [0.25, 0.3) is 0 Å². The Morgan fingerprint density at radius 3 is 2.67 bits per heavy atom. The van der Waals surface area contributed by atoms with Crippen LogP contribution < -0.4 is 10.7 Å². The fourth-order valence-electron chi connectivity index (χ4n) is 2.57. The Morgan fingerprint density at radius 1 is 1.25 bits per heavy atom. The van der Waals surface area contributed by atoms with Gasteiger partial charge >= 0.3 is 0 Å². The second-order valence-electron chi connectivity index (χ2n) is 5.67. The van der Waals surface area contributed by atoms with E-state index in [1.54, 1.807) is 0 Å². The minimum atomic E-state index is -0.456. The number of hydrogen-bond donors (Lipinski definition) is 3. The van der Waals surface area contributed by atoms with Gasteiger partial charge in [-0.3, -0.25) is 9.59 Å². The van der Waals surface area contributed by atoms with E-state index in [1.165, 1.54) is 24.8 Å². The third kappa shape index (κ3) is 5.39. The molecule has 1 aliphatic carbocycles. The van der Waals surface area contributed by atoms with Gasteiger partial charge in [0.1, 0.15) is 5.75 Å². The fourth-order valence-corrected chi connectivity index (χ4v) is 3.08. The number of nitrogens with one attached hydrogen (secondary N) is 2. The molecule has 24 heavy (non-hydrogen) atoms. The third-order valence-corrected chi connectivity index (χ3v) is 4.36. The van der Waals surface area contributed by atoms with Crippen LogP contribution in [0.5, 0.6) is 5.75 Å². The summed E-state index contributed by atoms with van der Waals surface area (Å²) >= 11 is 11.6. The molecule has 1 fully saturated rings. The van der Waals surface area contributed by atoms with Crippen molar-refractivity contribution in [3.63, 3.8) is 0 Å². The number of carbonyl (C=O) groups excluding carboxylic acids is 2. The van der Waals surface area contributed by atoms with Crippen molar-refractivity contribution in [2.75, 3.05) is 6.54 Å². The van der Waals surface area contributed by atoms with Crippen LogP contribution in [-0.2, 0) is 9.59 Å². The van der Waals surface area contributed by atoms with Crippen LogP contribution in [0.4, 0.5) is 0 Å². The SMILES string of the molecule is O=C(CNC(=O)C1CCCCC1)NN=Cc1cc(Cl)cc(Cl)c1O. The van der Waals surface area contributed by atoms with Crippen molar-refractivity contribution in [2.45, 2.75) is 32.1 Å². The Hall–Kier alpha value is -1.79. The van der Waals surface area contributed by atoms with Crippen molar-refractivity contribution in [1.29, 1.82) is 0 Å². The molecule has 0 aromatic heterocycles. The van der Waals surface area contributed by atoms with Gasteiger partial charge in [0.15, 0.2) is 0 Å². The quantitative estimate of drug-likeness (QED) is 0.548. The van der Waals surface area contributed by atoms with E-state index in [0.29, 0.717) is 5.02 Å². The summed E-state index contributed by atoms with van der Waals surface area (Å²) in [5.74, 6) is -0.721. The van der Waals surface area contributed by atoms with Gasteiger partial charge < -0.3 is 10.4 Å². The van der Waals surface area contributed by atoms with Crippen LogP contribution in [0, 0.1) is 5.92 Å². The van der Waals surface area contributed by atoms with Gasteiger partial charge in [-0.25, -0.2) is 5.43 Å². The maximum Gasteiger partial charge on any atom is 0.259 e. The molecule has 0 bridgehead atoms. The summed E-state index contributed by atoms with van der Waals surface area (Å²) in [6, 6.07) is 2.86. The second-order valence-corrected chi connectivity index (χ2v) is 6.51. The Balaban J connectivity index is 1.79. The van der Waals surface area contributed by atoms with E-state index < -0.39 is 5.91 Å². The fraction of sp³-hybridized carbons (Fsp3) is 0.438. The number of halogens is 2. The van der Waals surface area contributed by atoms with Crippen LogP contribution in [0.3, 0.4) is 0 Å². The molecule has 0 radical (unpaired) electrons. The van der Waals surface area contributed by atoms with Gasteiger partial charge in [-0.05, 0) is 25.0 Å². The third-order valence-electron chi connectivity index (χ3n) is 3.85. The van der Waals surface area contributed by atoms with E-state index in [2.05, 4.69) is 15.8 Å². The molecule has 0 saturated heterocycles. The predicted octanol–water partition coefficient (Wildman–Crippen LogP) is 2.85. The monoisotopic (exact) mass is 371 g/mol. The van der Waals surface area contributed by atoms with Crippen LogP contribution in [-0.4, -0.2) is 29.7 Å². The van der Waals surface area contributed by atoms with Crippen LogP contribution in [0.1, 0.15) is 37.7 Å². The number of rotatable bonds is 5. The highest BCUT2D eigenvalue weighted by atomic mass is 35.5. The van der Waals surface area contributed by atoms with Crippen LogP contribution in [0.15, 0.2) is 17.2 Å². The van der Waals surface area contributed by atoms with E-state index >= 15 is 0 Å². The molecular weight excluding hydrogens is 353 g/mol. The first kappa shape index (κ1) is 18.5. The van der Waals surface area contributed by atoms with Gasteiger partial charge in [-0.15, -0.1) is 0 Å². The smallest absolute Gasteiger partial charge is 0.259 e. The molecule has 130 valence electrons. The minimum absolute atomic E-state index is 0.000556. The molecule has 0 spiro atoms. The Kier molecular flexibility index (Phi) is 6.87.